The molecule has 40 heavy (non-hydrogen) atoms. The SMILES string of the molecule is Cc1ccccc1C1c2ccsc2CCN1C(=O)CN(CC(C)C)C(=O)c1cc(C(F)(F)F)cc(C(F)(F)F)c1. The van der Waals surface area contributed by atoms with Crippen molar-refractivity contribution < 1.29 is 35.9 Å². The van der Waals surface area contributed by atoms with Crippen molar-refractivity contribution in [3.63, 3.8) is 0 Å². The van der Waals surface area contributed by atoms with Gasteiger partial charge in [0.15, 0.2) is 0 Å². The Labute approximate surface area is 232 Å². The van der Waals surface area contributed by atoms with Crippen LogP contribution in [0.4, 0.5) is 26.3 Å². The topological polar surface area (TPSA) is 40.6 Å². The smallest absolute Gasteiger partial charge is 0.330 e. The van der Waals surface area contributed by atoms with Gasteiger partial charge in [0, 0.05) is 23.5 Å². The van der Waals surface area contributed by atoms with Crippen molar-refractivity contribution in [3.05, 3.63) is 92.2 Å². The number of aryl methyl sites for hydroxylation is 1. The average molecular weight is 583 g/mol. The highest BCUT2D eigenvalue weighted by Gasteiger charge is 2.39. The van der Waals surface area contributed by atoms with Gasteiger partial charge in [-0.3, -0.25) is 9.59 Å². The molecular formula is C29H28F6N2O2S. The predicted octanol–water partition coefficient (Wildman–Crippen LogP) is 7.37. The second kappa shape index (κ2) is 11.3. The van der Waals surface area contributed by atoms with E-state index in [1.807, 2.05) is 42.6 Å². The molecule has 0 saturated heterocycles. The molecule has 0 radical (unpaired) electrons. The van der Waals surface area contributed by atoms with E-state index in [0.29, 0.717) is 25.1 Å². The van der Waals surface area contributed by atoms with E-state index < -0.39 is 53.4 Å². The van der Waals surface area contributed by atoms with Crippen molar-refractivity contribution in [2.45, 2.75) is 45.6 Å². The number of hydrogen-bond donors (Lipinski definition) is 0. The minimum Gasteiger partial charge on any atom is -0.330 e. The van der Waals surface area contributed by atoms with Gasteiger partial charge < -0.3 is 9.80 Å². The third kappa shape index (κ3) is 6.35. The maximum atomic E-state index is 13.8. The monoisotopic (exact) mass is 582 g/mol. The lowest BCUT2D eigenvalue weighted by Gasteiger charge is -2.38. The molecule has 0 aliphatic carbocycles. The van der Waals surface area contributed by atoms with Crippen molar-refractivity contribution in [3.8, 4) is 0 Å². The van der Waals surface area contributed by atoms with Crippen LogP contribution in [-0.2, 0) is 23.6 Å². The number of alkyl halides is 6. The molecule has 4 nitrogen and oxygen atoms in total. The molecule has 11 heteroatoms. The summed E-state index contributed by atoms with van der Waals surface area (Å²) in [6, 6.07) is 9.92. The summed E-state index contributed by atoms with van der Waals surface area (Å²) in [5, 5.41) is 1.95. The fourth-order valence-electron chi connectivity index (χ4n) is 4.99. The molecule has 1 unspecified atom stereocenters. The first-order valence-electron chi connectivity index (χ1n) is 12.7. The van der Waals surface area contributed by atoms with Gasteiger partial charge in [-0.25, -0.2) is 0 Å². The predicted molar refractivity (Wildman–Crippen MR) is 140 cm³/mol. The number of rotatable bonds is 6. The molecule has 2 aromatic carbocycles. The summed E-state index contributed by atoms with van der Waals surface area (Å²) < 4.78 is 80.7. The van der Waals surface area contributed by atoms with Gasteiger partial charge in [0.25, 0.3) is 5.91 Å². The zero-order chi connectivity index (χ0) is 29.4. The normalized spacial score (nSPS) is 15.8. The Morgan fingerprint density at radius 3 is 2.17 bits per heavy atom. The molecule has 1 aliphatic rings. The molecule has 0 fully saturated rings. The Morgan fingerprint density at radius 1 is 0.975 bits per heavy atom. The fourth-order valence-corrected chi connectivity index (χ4v) is 5.89. The molecule has 0 bridgehead atoms. The van der Waals surface area contributed by atoms with Gasteiger partial charge in [0.2, 0.25) is 5.91 Å². The number of benzene rings is 2. The number of fused-ring (bicyclic) bond motifs is 1. The fraction of sp³-hybridized carbons (Fsp3) is 0.379. The third-order valence-electron chi connectivity index (χ3n) is 6.80. The lowest BCUT2D eigenvalue weighted by molar-refractivity contribution is -0.143. The summed E-state index contributed by atoms with van der Waals surface area (Å²) in [7, 11) is 0. The molecule has 0 spiro atoms. The molecule has 0 saturated carbocycles. The lowest BCUT2D eigenvalue weighted by Crippen LogP contribution is -2.47. The molecule has 0 N–H and O–H groups in total. The summed E-state index contributed by atoms with van der Waals surface area (Å²) >= 11 is 1.59. The molecule has 3 aromatic rings. The molecule has 1 atom stereocenters. The van der Waals surface area contributed by atoms with Crippen LogP contribution in [0.5, 0.6) is 0 Å². The standard InChI is InChI=1S/C29H28F6N2O2S/c1-17(2)15-36(27(39)19-12-20(28(30,31)32)14-21(13-19)29(33,34)35)16-25(38)37-10-8-24-23(9-11-40-24)26(37)22-7-5-4-6-18(22)3/h4-7,9,11-14,17,26H,8,10,15-16H2,1-3H3. The van der Waals surface area contributed by atoms with Crippen LogP contribution in [0.25, 0.3) is 0 Å². The van der Waals surface area contributed by atoms with Crippen molar-refractivity contribution >= 4 is 23.2 Å². The zero-order valence-electron chi connectivity index (χ0n) is 22.1. The Balaban J connectivity index is 1.70. The number of carbonyl (C=O) groups is 2. The highest BCUT2D eigenvalue weighted by molar-refractivity contribution is 7.10. The van der Waals surface area contributed by atoms with E-state index in [-0.39, 0.29) is 18.5 Å². The van der Waals surface area contributed by atoms with Gasteiger partial charge in [0.1, 0.15) is 6.54 Å². The summed E-state index contributed by atoms with van der Waals surface area (Å²) in [5.74, 6) is -1.72. The molecule has 4 rings (SSSR count). The van der Waals surface area contributed by atoms with E-state index >= 15 is 0 Å². The highest BCUT2D eigenvalue weighted by Crippen LogP contribution is 2.40. The second-order valence-corrected chi connectivity index (χ2v) is 11.3. The van der Waals surface area contributed by atoms with Gasteiger partial charge >= 0.3 is 12.4 Å². The number of halogens is 6. The summed E-state index contributed by atoms with van der Waals surface area (Å²) in [5.41, 5.74) is -1.10. The molecular weight excluding hydrogens is 554 g/mol. The highest BCUT2D eigenvalue weighted by atomic mass is 32.1. The van der Waals surface area contributed by atoms with Gasteiger partial charge in [-0.15, -0.1) is 11.3 Å². The van der Waals surface area contributed by atoms with Crippen molar-refractivity contribution in [2.24, 2.45) is 5.92 Å². The molecule has 214 valence electrons. The quantitative estimate of drug-likeness (QED) is 0.285. The maximum Gasteiger partial charge on any atom is 0.416 e. The minimum absolute atomic E-state index is 0.0202. The third-order valence-corrected chi connectivity index (χ3v) is 7.80. The maximum absolute atomic E-state index is 13.8. The minimum atomic E-state index is -5.10. The molecule has 1 aliphatic heterocycles. The van der Waals surface area contributed by atoms with Gasteiger partial charge in [-0.1, -0.05) is 38.1 Å². The Bertz CT molecular complexity index is 1360. The Morgan fingerprint density at radius 2 is 1.60 bits per heavy atom. The first-order chi connectivity index (χ1) is 18.7. The van der Waals surface area contributed by atoms with Crippen LogP contribution in [0.15, 0.2) is 53.9 Å². The van der Waals surface area contributed by atoms with Crippen LogP contribution in [0.2, 0.25) is 0 Å². The van der Waals surface area contributed by atoms with Crippen molar-refractivity contribution in [2.75, 3.05) is 19.6 Å². The van der Waals surface area contributed by atoms with Crippen molar-refractivity contribution in [1.82, 2.24) is 9.80 Å². The summed E-state index contributed by atoms with van der Waals surface area (Å²) in [4.78, 5) is 31.0. The van der Waals surface area contributed by atoms with Crippen LogP contribution in [0.1, 0.15) is 62.9 Å². The van der Waals surface area contributed by atoms with Gasteiger partial charge in [0.05, 0.1) is 17.2 Å². The van der Waals surface area contributed by atoms with Crippen LogP contribution in [-0.4, -0.2) is 41.2 Å². The zero-order valence-corrected chi connectivity index (χ0v) is 22.9. The molecule has 2 heterocycles. The van der Waals surface area contributed by atoms with E-state index in [1.165, 1.54) is 0 Å². The largest absolute Gasteiger partial charge is 0.416 e. The summed E-state index contributed by atoms with van der Waals surface area (Å²) in [6.07, 6.45) is -9.59. The number of nitrogens with zero attached hydrogens (tertiary/aromatic N) is 2. The Hall–Kier alpha value is -3.34. The number of hydrogen-bond acceptors (Lipinski definition) is 3. The Kier molecular flexibility index (Phi) is 8.35. The van der Waals surface area contributed by atoms with Crippen LogP contribution < -0.4 is 0 Å². The number of amides is 2. The van der Waals surface area contributed by atoms with Crippen molar-refractivity contribution in [1.29, 1.82) is 0 Å². The van der Waals surface area contributed by atoms with Crippen LogP contribution >= 0.6 is 11.3 Å². The first kappa shape index (κ1) is 29.6. The van der Waals surface area contributed by atoms with E-state index in [4.69, 9.17) is 0 Å². The van der Waals surface area contributed by atoms with Gasteiger partial charge in [-0.2, -0.15) is 26.3 Å². The van der Waals surface area contributed by atoms with Gasteiger partial charge in [-0.05, 0) is 65.6 Å². The second-order valence-electron chi connectivity index (χ2n) is 10.3. The molecule has 2 amide bonds. The van der Waals surface area contributed by atoms with E-state index in [9.17, 15) is 35.9 Å². The van der Waals surface area contributed by atoms with Crippen LogP contribution in [0, 0.1) is 12.8 Å². The molecule has 1 aromatic heterocycles. The van der Waals surface area contributed by atoms with E-state index in [1.54, 1.807) is 30.1 Å². The lowest BCUT2D eigenvalue weighted by atomic mass is 9.90. The summed E-state index contributed by atoms with van der Waals surface area (Å²) in [6.45, 7) is 5.25. The van der Waals surface area contributed by atoms with E-state index in [0.717, 1.165) is 26.5 Å². The van der Waals surface area contributed by atoms with E-state index in [2.05, 4.69) is 0 Å². The van der Waals surface area contributed by atoms with Crippen LogP contribution in [0.3, 0.4) is 0 Å². The number of thiophene rings is 1. The number of carbonyl (C=O) groups excluding carboxylic acids is 2. The average Bonchev–Trinajstić information content (AvgIpc) is 3.35. The first-order valence-corrected chi connectivity index (χ1v) is 13.5.